The van der Waals surface area contributed by atoms with E-state index in [0.29, 0.717) is 5.92 Å². The van der Waals surface area contributed by atoms with Crippen molar-refractivity contribution in [2.45, 2.75) is 38.8 Å². The van der Waals surface area contributed by atoms with Crippen LogP contribution in [0.3, 0.4) is 0 Å². The van der Waals surface area contributed by atoms with Crippen molar-refractivity contribution >= 4 is 31.9 Å². The van der Waals surface area contributed by atoms with Crippen molar-refractivity contribution in [3.63, 3.8) is 0 Å². The van der Waals surface area contributed by atoms with E-state index in [1.165, 1.54) is 0 Å². The second-order valence-corrected chi connectivity index (χ2v) is 6.50. The van der Waals surface area contributed by atoms with Crippen molar-refractivity contribution < 1.29 is 5.11 Å². The first-order valence-corrected chi connectivity index (χ1v) is 7.39. The highest BCUT2D eigenvalue weighted by atomic mass is 79.9. The fraction of sp³-hybridized carbons (Fsp3) is 0.538. The molecular weight excluding hydrogens is 346 g/mol. The topological polar surface area (TPSA) is 46.2 Å². The zero-order valence-electron chi connectivity index (χ0n) is 10.2. The lowest BCUT2D eigenvalue weighted by Gasteiger charge is -2.21. The highest BCUT2D eigenvalue weighted by Crippen LogP contribution is 2.29. The summed E-state index contributed by atoms with van der Waals surface area (Å²) in [5.41, 5.74) is 7.03. The minimum Gasteiger partial charge on any atom is -0.391 e. The van der Waals surface area contributed by atoms with Crippen LogP contribution in [-0.2, 0) is 0 Å². The van der Waals surface area contributed by atoms with Crippen molar-refractivity contribution in [1.82, 2.24) is 0 Å². The maximum absolute atomic E-state index is 10.1. The van der Waals surface area contributed by atoms with E-state index in [2.05, 4.69) is 45.7 Å². The maximum atomic E-state index is 10.1. The van der Waals surface area contributed by atoms with E-state index >= 15 is 0 Å². The SMILES string of the molecule is CC(C)CC[C@@H](O)[C@@H](N)c1cc(Br)ccc1Br. The molecule has 17 heavy (non-hydrogen) atoms. The molecule has 1 aromatic rings. The number of aliphatic hydroxyl groups excluding tert-OH is 1. The Balaban J connectivity index is 2.74. The molecule has 0 aliphatic carbocycles. The molecule has 0 radical (unpaired) electrons. The van der Waals surface area contributed by atoms with Gasteiger partial charge in [-0.3, -0.25) is 0 Å². The second kappa shape index (κ2) is 6.88. The van der Waals surface area contributed by atoms with Crippen LogP contribution >= 0.6 is 31.9 Å². The van der Waals surface area contributed by atoms with Crippen LogP contribution in [0.4, 0.5) is 0 Å². The Hall–Kier alpha value is 0.1000. The zero-order chi connectivity index (χ0) is 13.0. The van der Waals surface area contributed by atoms with Crippen LogP contribution in [0.1, 0.15) is 38.3 Å². The fourth-order valence-corrected chi connectivity index (χ4v) is 2.55. The molecule has 0 amide bonds. The molecule has 3 N–H and O–H groups in total. The minimum absolute atomic E-state index is 0.347. The van der Waals surface area contributed by atoms with Crippen LogP contribution in [0.2, 0.25) is 0 Å². The van der Waals surface area contributed by atoms with E-state index in [0.717, 1.165) is 27.4 Å². The molecule has 0 heterocycles. The summed E-state index contributed by atoms with van der Waals surface area (Å²) < 4.78 is 1.92. The monoisotopic (exact) mass is 363 g/mol. The minimum atomic E-state index is -0.497. The van der Waals surface area contributed by atoms with Gasteiger partial charge in [0, 0.05) is 8.95 Å². The van der Waals surface area contributed by atoms with Crippen molar-refractivity contribution in [3.8, 4) is 0 Å². The molecule has 0 fully saturated rings. The van der Waals surface area contributed by atoms with Gasteiger partial charge in [-0.15, -0.1) is 0 Å². The highest BCUT2D eigenvalue weighted by Gasteiger charge is 2.19. The number of nitrogens with two attached hydrogens (primary N) is 1. The van der Waals surface area contributed by atoms with Crippen molar-refractivity contribution in [3.05, 3.63) is 32.7 Å². The molecule has 0 saturated heterocycles. The summed E-state index contributed by atoms with van der Waals surface area (Å²) in [7, 11) is 0. The molecule has 0 saturated carbocycles. The smallest absolute Gasteiger partial charge is 0.0733 e. The third kappa shape index (κ3) is 4.70. The quantitative estimate of drug-likeness (QED) is 0.829. The van der Waals surface area contributed by atoms with Crippen LogP contribution in [0.15, 0.2) is 27.1 Å². The second-order valence-electron chi connectivity index (χ2n) is 4.73. The molecule has 96 valence electrons. The fourth-order valence-electron chi connectivity index (χ4n) is 1.66. The molecule has 0 aliphatic heterocycles. The van der Waals surface area contributed by atoms with Gasteiger partial charge < -0.3 is 10.8 Å². The lowest BCUT2D eigenvalue weighted by Crippen LogP contribution is -2.26. The van der Waals surface area contributed by atoms with Crippen LogP contribution in [0.25, 0.3) is 0 Å². The van der Waals surface area contributed by atoms with Crippen molar-refractivity contribution in [2.24, 2.45) is 11.7 Å². The van der Waals surface area contributed by atoms with Gasteiger partial charge in [0.25, 0.3) is 0 Å². The Kier molecular flexibility index (Phi) is 6.13. The van der Waals surface area contributed by atoms with E-state index < -0.39 is 6.10 Å². The lowest BCUT2D eigenvalue weighted by atomic mass is 9.96. The summed E-state index contributed by atoms with van der Waals surface area (Å²) in [4.78, 5) is 0. The first-order valence-electron chi connectivity index (χ1n) is 5.80. The van der Waals surface area contributed by atoms with E-state index in [1.54, 1.807) is 0 Å². The largest absolute Gasteiger partial charge is 0.391 e. The molecule has 4 heteroatoms. The number of hydrogen-bond donors (Lipinski definition) is 2. The average Bonchev–Trinajstić information content (AvgIpc) is 2.28. The van der Waals surface area contributed by atoms with E-state index in [4.69, 9.17) is 5.73 Å². The Morgan fingerprint density at radius 2 is 1.88 bits per heavy atom. The van der Waals surface area contributed by atoms with E-state index in [1.807, 2.05) is 18.2 Å². The number of halogens is 2. The van der Waals surface area contributed by atoms with E-state index in [-0.39, 0.29) is 6.04 Å². The summed E-state index contributed by atoms with van der Waals surface area (Å²) in [5.74, 6) is 0.586. The molecule has 2 atom stereocenters. The molecule has 0 bridgehead atoms. The van der Waals surface area contributed by atoms with Gasteiger partial charge in [-0.2, -0.15) is 0 Å². The summed E-state index contributed by atoms with van der Waals surface area (Å²) in [5, 5.41) is 10.1. The predicted molar refractivity (Wildman–Crippen MR) is 78.8 cm³/mol. The Labute approximate surface area is 120 Å². The number of rotatable bonds is 5. The van der Waals surface area contributed by atoms with Gasteiger partial charge in [0.2, 0.25) is 0 Å². The Morgan fingerprint density at radius 3 is 2.47 bits per heavy atom. The standard InChI is InChI=1S/C13H19Br2NO/c1-8(2)3-6-12(17)13(16)10-7-9(14)4-5-11(10)15/h4-5,7-8,12-13,17H,3,6,16H2,1-2H3/t12-,13+/m1/s1. The van der Waals surface area contributed by atoms with Crippen LogP contribution < -0.4 is 5.73 Å². The van der Waals surface area contributed by atoms with Gasteiger partial charge in [-0.25, -0.2) is 0 Å². The summed E-state index contributed by atoms with van der Waals surface area (Å²) in [6.07, 6.45) is 1.22. The molecule has 0 aromatic heterocycles. The summed E-state index contributed by atoms with van der Waals surface area (Å²) >= 11 is 6.89. The summed E-state index contributed by atoms with van der Waals surface area (Å²) in [6, 6.07) is 5.49. The number of benzene rings is 1. The summed E-state index contributed by atoms with van der Waals surface area (Å²) in [6.45, 7) is 4.29. The van der Waals surface area contributed by atoms with Crippen molar-refractivity contribution in [2.75, 3.05) is 0 Å². The highest BCUT2D eigenvalue weighted by molar-refractivity contribution is 9.11. The Bertz CT molecular complexity index is 368. The average molecular weight is 365 g/mol. The Morgan fingerprint density at radius 1 is 1.24 bits per heavy atom. The molecular formula is C13H19Br2NO. The van der Waals surface area contributed by atoms with Crippen molar-refractivity contribution in [1.29, 1.82) is 0 Å². The third-order valence-corrected chi connectivity index (χ3v) is 3.99. The molecule has 0 unspecified atom stereocenters. The van der Waals surface area contributed by atoms with Crippen LogP contribution in [-0.4, -0.2) is 11.2 Å². The van der Waals surface area contributed by atoms with Crippen LogP contribution in [0.5, 0.6) is 0 Å². The molecule has 0 aliphatic rings. The molecule has 1 rings (SSSR count). The van der Waals surface area contributed by atoms with E-state index in [9.17, 15) is 5.11 Å². The van der Waals surface area contributed by atoms with Gasteiger partial charge in [0.15, 0.2) is 0 Å². The molecule has 0 spiro atoms. The third-order valence-electron chi connectivity index (χ3n) is 2.77. The lowest BCUT2D eigenvalue weighted by molar-refractivity contribution is 0.128. The first-order chi connectivity index (χ1) is 7.91. The predicted octanol–water partition coefficient (Wildman–Crippen LogP) is 4.01. The van der Waals surface area contributed by atoms with Gasteiger partial charge in [0.05, 0.1) is 12.1 Å². The number of aliphatic hydroxyl groups is 1. The van der Waals surface area contributed by atoms with Crippen LogP contribution in [0, 0.1) is 5.92 Å². The van der Waals surface area contributed by atoms with Gasteiger partial charge in [-0.05, 0) is 42.5 Å². The van der Waals surface area contributed by atoms with Gasteiger partial charge in [0.1, 0.15) is 0 Å². The maximum Gasteiger partial charge on any atom is 0.0733 e. The molecule has 2 nitrogen and oxygen atoms in total. The normalized spacial score (nSPS) is 15.0. The number of hydrogen-bond acceptors (Lipinski definition) is 2. The van der Waals surface area contributed by atoms with Gasteiger partial charge in [-0.1, -0.05) is 45.7 Å². The zero-order valence-corrected chi connectivity index (χ0v) is 13.3. The van der Waals surface area contributed by atoms with Gasteiger partial charge >= 0.3 is 0 Å². The molecule has 1 aromatic carbocycles. The first kappa shape index (κ1) is 15.2.